The van der Waals surface area contributed by atoms with E-state index in [9.17, 15) is 5.11 Å². The third kappa shape index (κ3) is 1.30. The predicted octanol–water partition coefficient (Wildman–Crippen LogP) is 0.886. The molecule has 1 unspecified atom stereocenters. The summed E-state index contributed by atoms with van der Waals surface area (Å²) in [5.74, 6) is 0. The van der Waals surface area contributed by atoms with Gasteiger partial charge in [0.25, 0.3) is 0 Å². The highest BCUT2D eigenvalue weighted by Gasteiger charge is 2.44. The monoisotopic (exact) mass is 187 g/mol. The third-order valence-electron chi connectivity index (χ3n) is 3.03. The molecule has 2 aliphatic rings. The second-order valence-corrected chi connectivity index (χ2v) is 3.83. The van der Waals surface area contributed by atoms with Crippen LogP contribution in [0.4, 0.5) is 0 Å². The molecule has 1 N–H and O–H groups in total. The highest BCUT2D eigenvalue weighted by Crippen LogP contribution is 2.39. The van der Waals surface area contributed by atoms with Crippen molar-refractivity contribution in [3.8, 4) is 0 Å². The quantitative estimate of drug-likeness (QED) is 0.616. The van der Waals surface area contributed by atoms with Crippen LogP contribution in [0, 0.1) is 0 Å². The number of hydrogen-bond acceptors (Lipinski definition) is 2. The number of aliphatic hydroxyl groups excluding tert-OH is 1. The first-order valence-electron chi connectivity index (χ1n) is 4.29. The van der Waals surface area contributed by atoms with E-state index in [2.05, 4.69) is 11.5 Å². The lowest BCUT2D eigenvalue weighted by Crippen LogP contribution is -2.41. The molecule has 3 heteroatoms. The van der Waals surface area contributed by atoms with Crippen LogP contribution in [-0.2, 0) is 0 Å². The third-order valence-corrected chi connectivity index (χ3v) is 3.03. The highest BCUT2D eigenvalue weighted by atomic mass is 32.1. The van der Waals surface area contributed by atoms with Crippen molar-refractivity contribution in [1.82, 2.24) is 4.90 Å². The summed E-state index contributed by atoms with van der Waals surface area (Å²) in [6.07, 6.45) is 3.42. The number of rotatable bonds is 1. The smallest absolute Gasteiger partial charge is 0.0618 e. The van der Waals surface area contributed by atoms with Gasteiger partial charge in [-0.3, -0.25) is 4.90 Å². The molecular formula is C9H17NOS. The van der Waals surface area contributed by atoms with Crippen LogP contribution in [0.1, 0.15) is 19.3 Å². The molecule has 1 atom stereocenters. The molecule has 2 heterocycles. The van der Waals surface area contributed by atoms with E-state index in [1.165, 1.54) is 12.0 Å². The van der Waals surface area contributed by atoms with Crippen LogP contribution in [0.25, 0.3) is 0 Å². The molecule has 2 fully saturated rings. The molecule has 0 aromatic carbocycles. The van der Waals surface area contributed by atoms with E-state index in [4.69, 9.17) is 0 Å². The number of nitrogens with zero attached hydrogens (tertiary/aromatic N) is 1. The molecule has 70 valence electrons. The number of fused-ring (bicyclic) bond motifs is 1. The Morgan fingerprint density at radius 1 is 1.58 bits per heavy atom. The summed E-state index contributed by atoms with van der Waals surface area (Å²) in [5, 5.41) is 9.26. The minimum atomic E-state index is 0. The second kappa shape index (κ2) is 3.40. The molecule has 0 aliphatic carbocycles. The Hall–Kier alpha value is 0.0100. The van der Waals surface area contributed by atoms with Gasteiger partial charge in [0, 0.05) is 12.1 Å². The second-order valence-electron chi connectivity index (χ2n) is 3.83. The number of hydrogen-bond donors (Lipinski definition) is 1. The van der Waals surface area contributed by atoms with Crippen LogP contribution in [-0.4, -0.2) is 35.2 Å². The highest BCUT2D eigenvalue weighted by molar-refractivity contribution is 7.59. The average Bonchev–Trinajstić information content (AvgIpc) is 2.43. The van der Waals surface area contributed by atoms with Crippen molar-refractivity contribution in [2.24, 2.45) is 0 Å². The Balaban J connectivity index is 0.000000720. The van der Waals surface area contributed by atoms with Crippen molar-refractivity contribution in [2.45, 2.75) is 24.8 Å². The largest absolute Gasteiger partial charge is 0.394 e. The van der Waals surface area contributed by atoms with Gasteiger partial charge in [0.1, 0.15) is 0 Å². The lowest BCUT2D eigenvalue weighted by molar-refractivity contribution is 0.1000. The van der Waals surface area contributed by atoms with Gasteiger partial charge in [-0.1, -0.05) is 12.2 Å². The minimum absolute atomic E-state index is 0. The van der Waals surface area contributed by atoms with E-state index in [0.717, 1.165) is 25.9 Å². The molecule has 0 bridgehead atoms. The standard InChI is InChI=1S/C9H15NO.H2S/c1-8-5-9(7-11)3-2-4-10(9)6-8;/h11H,1-7H2;1H2. The summed E-state index contributed by atoms with van der Waals surface area (Å²) in [7, 11) is 0. The van der Waals surface area contributed by atoms with Gasteiger partial charge in [-0.05, 0) is 25.8 Å². The van der Waals surface area contributed by atoms with Gasteiger partial charge in [-0.15, -0.1) is 0 Å². The molecule has 0 aromatic rings. The van der Waals surface area contributed by atoms with E-state index < -0.39 is 0 Å². The molecule has 0 spiro atoms. The van der Waals surface area contributed by atoms with Gasteiger partial charge in [0.2, 0.25) is 0 Å². The lowest BCUT2D eigenvalue weighted by Gasteiger charge is -2.28. The SMILES string of the molecule is C=C1CN2CCCC2(CO)C1.S. The van der Waals surface area contributed by atoms with E-state index in [0.29, 0.717) is 6.61 Å². The Morgan fingerprint density at radius 2 is 2.33 bits per heavy atom. The van der Waals surface area contributed by atoms with E-state index >= 15 is 0 Å². The van der Waals surface area contributed by atoms with Gasteiger partial charge >= 0.3 is 0 Å². The van der Waals surface area contributed by atoms with Crippen molar-refractivity contribution in [1.29, 1.82) is 0 Å². The van der Waals surface area contributed by atoms with Crippen LogP contribution in [0.15, 0.2) is 12.2 Å². The zero-order valence-electron chi connectivity index (χ0n) is 7.34. The molecule has 0 aromatic heterocycles. The summed E-state index contributed by atoms with van der Waals surface area (Å²) in [6.45, 7) is 6.46. The topological polar surface area (TPSA) is 23.5 Å². The van der Waals surface area contributed by atoms with Gasteiger partial charge in [0.05, 0.1) is 6.61 Å². The van der Waals surface area contributed by atoms with Crippen molar-refractivity contribution < 1.29 is 5.11 Å². The van der Waals surface area contributed by atoms with Crippen LogP contribution >= 0.6 is 13.5 Å². The summed E-state index contributed by atoms with van der Waals surface area (Å²) < 4.78 is 0. The molecule has 2 aliphatic heterocycles. The van der Waals surface area contributed by atoms with Crippen molar-refractivity contribution in [3.05, 3.63) is 12.2 Å². The minimum Gasteiger partial charge on any atom is -0.394 e. The molecular weight excluding hydrogens is 170 g/mol. The molecule has 0 amide bonds. The van der Waals surface area contributed by atoms with Gasteiger partial charge < -0.3 is 5.11 Å². The van der Waals surface area contributed by atoms with Crippen molar-refractivity contribution in [3.63, 3.8) is 0 Å². The molecule has 2 rings (SSSR count). The van der Waals surface area contributed by atoms with Gasteiger partial charge in [-0.25, -0.2) is 0 Å². The molecule has 0 radical (unpaired) electrons. The first kappa shape index (κ1) is 10.1. The van der Waals surface area contributed by atoms with Crippen LogP contribution < -0.4 is 0 Å². The van der Waals surface area contributed by atoms with E-state index in [-0.39, 0.29) is 19.0 Å². The Kier molecular flexibility index (Phi) is 2.86. The summed E-state index contributed by atoms with van der Waals surface area (Å²) in [5.41, 5.74) is 1.40. The van der Waals surface area contributed by atoms with Crippen LogP contribution in [0.5, 0.6) is 0 Å². The van der Waals surface area contributed by atoms with Gasteiger partial charge in [0.15, 0.2) is 0 Å². The Morgan fingerprint density at radius 3 is 2.92 bits per heavy atom. The van der Waals surface area contributed by atoms with Crippen molar-refractivity contribution in [2.75, 3.05) is 19.7 Å². The maximum absolute atomic E-state index is 9.26. The molecule has 2 saturated heterocycles. The van der Waals surface area contributed by atoms with Crippen molar-refractivity contribution >= 4 is 13.5 Å². The van der Waals surface area contributed by atoms with Crippen LogP contribution in [0.3, 0.4) is 0 Å². The number of aliphatic hydroxyl groups is 1. The molecule has 0 saturated carbocycles. The zero-order chi connectivity index (χ0) is 7.90. The Bertz CT molecular complexity index is 195. The maximum Gasteiger partial charge on any atom is 0.0618 e. The molecule has 12 heavy (non-hydrogen) atoms. The maximum atomic E-state index is 9.26. The average molecular weight is 187 g/mol. The summed E-state index contributed by atoms with van der Waals surface area (Å²) >= 11 is 0. The fourth-order valence-corrected chi connectivity index (χ4v) is 2.47. The fourth-order valence-electron chi connectivity index (χ4n) is 2.47. The predicted molar refractivity (Wildman–Crippen MR) is 54.8 cm³/mol. The van der Waals surface area contributed by atoms with E-state index in [1.54, 1.807) is 0 Å². The summed E-state index contributed by atoms with van der Waals surface area (Å²) in [6, 6.07) is 0. The molecule has 2 nitrogen and oxygen atoms in total. The zero-order valence-corrected chi connectivity index (χ0v) is 8.34. The first-order chi connectivity index (χ1) is 5.27. The summed E-state index contributed by atoms with van der Waals surface area (Å²) in [4.78, 5) is 2.38. The lowest BCUT2D eigenvalue weighted by atomic mass is 9.94. The fraction of sp³-hybridized carbons (Fsp3) is 0.778. The van der Waals surface area contributed by atoms with Gasteiger partial charge in [-0.2, -0.15) is 13.5 Å². The Labute approximate surface area is 80.7 Å². The first-order valence-corrected chi connectivity index (χ1v) is 4.29. The van der Waals surface area contributed by atoms with E-state index in [1.807, 2.05) is 0 Å². The van der Waals surface area contributed by atoms with Crippen LogP contribution in [0.2, 0.25) is 0 Å². The normalized spacial score (nSPS) is 34.9.